The van der Waals surface area contributed by atoms with Crippen molar-refractivity contribution in [2.75, 3.05) is 19.6 Å². The monoisotopic (exact) mass is 348 g/mol. The molecule has 3 aliphatic rings. The standard InChI is InChI=1S/C18H28N4O3/c1-13(2)22-10-3-8-18(17(22)25)9-11-21(12-18)16(24)7-5-14-4-6-15(23)20-19-14/h13H,3-12H2,1-2H3,(H,20,23)/t18-/m1/s1. The number of hydrogen-bond acceptors (Lipinski definition) is 4. The summed E-state index contributed by atoms with van der Waals surface area (Å²) >= 11 is 0. The van der Waals surface area contributed by atoms with E-state index in [0.717, 1.165) is 31.5 Å². The van der Waals surface area contributed by atoms with Gasteiger partial charge in [0.1, 0.15) is 0 Å². The molecule has 0 bridgehead atoms. The lowest BCUT2D eigenvalue weighted by Crippen LogP contribution is -2.52. The van der Waals surface area contributed by atoms with Crippen LogP contribution in [0.5, 0.6) is 0 Å². The third kappa shape index (κ3) is 3.70. The molecule has 1 N–H and O–H groups in total. The summed E-state index contributed by atoms with van der Waals surface area (Å²) in [4.78, 5) is 40.4. The first-order chi connectivity index (χ1) is 11.9. The van der Waals surface area contributed by atoms with Gasteiger partial charge in [-0.25, -0.2) is 5.43 Å². The van der Waals surface area contributed by atoms with Crippen LogP contribution >= 0.6 is 0 Å². The lowest BCUT2D eigenvalue weighted by atomic mass is 9.78. The highest BCUT2D eigenvalue weighted by Crippen LogP contribution is 2.40. The molecule has 2 fully saturated rings. The van der Waals surface area contributed by atoms with Gasteiger partial charge in [0.15, 0.2) is 0 Å². The number of carbonyl (C=O) groups excluding carboxylic acids is 3. The van der Waals surface area contributed by atoms with Gasteiger partial charge in [0.05, 0.1) is 5.41 Å². The Morgan fingerprint density at radius 2 is 2.04 bits per heavy atom. The summed E-state index contributed by atoms with van der Waals surface area (Å²) in [5, 5.41) is 4.02. The topological polar surface area (TPSA) is 82.1 Å². The first-order valence-electron chi connectivity index (χ1n) is 9.34. The van der Waals surface area contributed by atoms with Gasteiger partial charge in [-0.3, -0.25) is 14.4 Å². The van der Waals surface area contributed by atoms with Crippen molar-refractivity contribution in [2.24, 2.45) is 10.5 Å². The minimum atomic E-state index is -0.367. The summed E-state index contributed by atoms with van der Waals surface area (Å²) in [5.74, 6) is 0.247. The molecular formula is C18H28N4O3. The third-order valence-electron chi connectivity index (χ3n) is 5.71. The van der Waals surface area contributed by atoms with Crippen molar-refractivity contribution in [3.05, 3.63) is 0 Å². The SMILES string of the molecule is CC(C)N1CCC[C@]2(CCN(C(=O)CCC3=NNC(=O)CC3)C2)C1=O. The Hall–Kier alpha value is -1.92. The fourth-order valence-corrected chi connectivity index (χ4v) is 4.16. The largest absolute Gasteiger partial charge is 0.342 e. The van der Waals surface area contributed by atoms with Crippen molar-refractivity contribution in [1.29, 1.82) is 0 Å². The average molecular weight is 348 g/mol. The van der Waals surface area contributed by atoms with E-state index in [2.05, 4.69) is 24.4 Å². The summed E-state index contributed by atoms with van der Waals surface area (Å²) < 4.78 is 0. The molecule has 0 aliphatic carbocycles. The van der Waals surface area contributed by atoms with E-state index < -0.39 is 0 Å². The Morgan fingerprint density at radius 3 is 2.72 bits per heavy atom. The fraction of sp³-hybridized carbons (Fsp3) is 0.778. The van der Waals surface area contributed by atoms with Crippen LogP contribution in [0.4, 0.5) is 0 Å². The van der Waals surface area contributed by atoms with Crippen molar-refractivity contribution in [3.63, 3.8) is 0 Å². The molecule has 3 heterocycles. The lowest BCUT2D eigenvalue weighted by Gasteiger charge is -2.41. The molecule has 138 valence electrons. The smallest absolute Gasteiger partial charge is 0.240 e. The number of amides is 3. The molecule has 1 spiro atoms. The van der Waals surface area contributed by atoms with Crippen LogP contribution in [0.15, 0.2) is 5.10 Å². The quantitative estimate of drug-likeness (QED) is 0.831. The van der Waals surface area contributed by atoms with E-state index in [9.17, 15) is 14.4 Å². The maximum Gasteiger partial charge on any atom is 0.240 e. The molecule has 7 nitrogen and oxygen atoms in total. The molecule has 0 aromatic heterocycles. The minimum absolute atomic E-state index is 0.0675. The summed E-state index contributed by atoms with van der Waals surface area (Å²) in [7, 11) is 0. The van der Waals surface area contributed by atoms with Gasteiger partial charge in [0.2, 0.25) is 17.7 Å². The molecule has 3 aliphatic heterocycles. The van der Waals surface area contributed by atoms with Crippen LogP contribution in [0.3, 0.4) is 0 Å². The maximum atomic E-state index is 12.9. The predicted octanol–water partition coefficient (Wildman–Crippen LogP) is 1.28. The van der Waals surface area contributed by atoms with Crippen LogP contribution in [0.1, 0.15) is 58.8 Å². The van der Waals surface area contributed by atoms with Crippen LogP contribution in [-0.2, 0) is 14.4 Å². The minimum Gasteiger partial charge on any atom is -0.342 e. The van der Waals surface area contributed by atoms with Crippen LogP contribution in [0.2, 0.25) is 0 Å². The van der Waals surface area contributed by atoms with Crippen molar-refractivity contribution in [1.82, 2.24) is 15.2 Å². The number of nitrogens with one attached hydrogen (secondary N) is 1. The van der Waals surface area contributed by atoms with Gasteiger partial charge in [-0.1, -0.05) is 0 Å². The van der Waals surface area contributed by atoms with Gasteiger partial charge in [-0.2, -0.15) is 5.10 Å². The zero-order valence-corrected chi connectivity index (χ0v) is 15.2. The maximum absolute atomic E-state index is 12.9. The molecule has 0 aromatic carbocycles. The number of nitrogens with zero attached hydrogens (tertiary/aromatic N) is 3. The van der Waals surface area contributed by atoms with E-state index in [4.69, 9.17) is 0 Å². The highest BCUT2D eigenvalue weighted by atomic mass is 16.2. The Morgan fingerprint density at radius 1 is 1.24 bits per heavy atom. The van der Waals surface area contributed by atoms with Crippen molar-refractivity contribution in [2.45, 2.75) is 64.8 Å². The van der Waals surface area contributed by atoms with E-state index in [1.54, 1.807) is 0 Å². The van der Waals surface area contributed by atoms with Crippen LogP contribution < -0.4 is 5.43 Å². The first-order valence-corrected chi connectivity index (χ1v) is 9.34. The summed E-state index contributed by atoms with van der Waals surface area (Å²) in [6, 6.07) is 0.217. The molecule has 7 heteroatoms. The summed E-state index contributed by atoms with van der Waals surface area (Å²) in [6.07, 6.45) is 4.73. The number of likely N-dealkylation sites (tertiary alicyclic amines) is 2. The number of hydrazone groups is 1. The van der Waals surface area contributed by atoms with Gasteiger partial charge >= 0.3 is 0 Å². The Bertz CT molecular complexity index is 601. The average Bonchev–Trinajstić information content (AvgIpc) is 3.02. The van der Waals surface area contributed by atoms with Gasteiger partial charge in [-0.05, 0) is 46.0 Å². The second kappa shape index (κ2) is 7.14. The number of carbonyl (C=O) groups is 3. The molecule has 0 unspecified atom stereocenters. The Balaban J connectivity index is 1.56. The lowest BCUT2D eigenvalue weighted by molar-refractivity contribution is -0.148. The fourth-order valence-electron chi connectivity index (χ4n) is 4.16. The van der Waals surface area contributed by atoms with E-state index in [0.29, 0.717) is 38.8 Å². The van der Waals surface area contributed by atoms with Crippen molar-refractivity contribution >= 4 is 23.4 Å². The second-order valence-corrected chi connectivity index (χ2v) is 7.75. The van der Waals surface area contributed by atoms with Gasteiger partial charge < -0.3 is 9.80 Å². The highest BCUT2D eigenvalue weighted by molar-refractivity contribution is 5.94. The molecule has 25 heavy (non-hydrogen) atoms. The van der Waals surface area contributed by atoms with E-state index in [1.807, 2.05) is 9.80 Å². The normalized spacial score (nSPS) is 27.1. The van der Waals surface area contributed by atoms with E-state index in [-0.39, 0.29) is 29.2 Å². The van der Waals surface area contributed by atoms with Gasteiger partial charge in [-0.15, -0.1) is 0 Å². The zero-order valence-electron chi connectivity index (χ0n) is 15.2. The molecule has 0 aromatic rings. The van der Waals surface area contributed by atoms with E-state index in [1.165, 1.54) is 0 Å². The molecule has 0 radical (unpaired) electrons. The Labute approximate surface area is 148 Å². The number of hydrogen-bond donors (Lipinski definition) is 1. The molecule has 0 saturated carbocycles. The molecule has 3 rings (SSSR count). The van der Waals surface area contributed by atoms with Crippen LogP contribution in [0.25, 0.3) is 0 Å². The van der Waals surface area contributed by atoms with Gasteiger partial charge in [0.25, 0.3) is 0 Å². The van der Waals surface area contributed by atoms with Crippen LogP contribution in [0, 0.1) is 5.41 Å². The first kappa shape index (κ1) is 17.9. The molecule has 3 amide bonds. The summed E-state index contributed by atoms with van der Waals surface area (Å²) in [6.45, 7) is 6.16. The Kier molecular flexibility index (Phi) is 5.11. The predicted molar refractivity (Wildman–Crippen MR) is 93.8 cm³/mol. The number of rotatable bonds is 4. The summed E-state index contributed by atoms with van der Waals surface area (Å²) in [5.41, 5.74) is 2.98. The van der Waals surface area contributed by atoms with Gasteiger partial charge in [0, 0.05) is 44.2 Å². The second-order valence-electron chi connectivity index (χ2n) is 7.75. The zero-order chi connectivity index (χ0) is 18.0. The highest BCUT2D eigenvalue weighted by Gasteiger charge is 2.49. The van der Waals surface area contributed by atoms with Crippen molar-refractivity contribution in [3.8, 4) is 0 Å². The van der Waals surface area contributed by atoms with Crippen LogP contribution in [-0.4, -0.2) is 58.9 Å². The third-order valence-corrected chi connectivity index (χ3v) is 5.71. The molecule has 1 atom stereocenters. The van der Waals surface area contributed by atoms with Crippen molar-refractivity contribution < 1.29 is 14.4 Å². The van der Waals surface area contributed by atoms with E-state index >= 15 is 0 Å². The molecule has 2 saturated heterocycles. The molecular weight excluding hydrogens is 320 g/mol. The number of piperidine rings is 1.